The molecule has 2 aliphatic rings. The van der Waals surface area contributed by atoms with Crippen molar-refractivity contribution in [2.24, 2.45) is 0 Å². The van der Waals surface area contributed by atoms with Crippen molar-refractivity contribution in [1.29, 1.82) is 0 Å². The molecular formula is C29H39N3O4S. The van der Waals surface area contributed by atoms with Crippen LogP contribution >= 0.6 is 0 Å². The van der Waals surface area contributed by atoms with E-state index in [2.05, 4.69) is 23.5 Å². The Morgan fingerprint density at radius 1 is 1.24 bits per heavy atom. The lowest BCUT2D eigenvalue weighted by molar-refractivity contribution is 0.0932. The van der Waals surface area contributed by atoms with Crippen molar-refractivity contribution in [2.75, 3.05) is 26.9 Å². The van der Waals surface area contributed by atoms with Crippen LogP contribution in [-0.2, 0) is 22.3 Å². The van der Waals surface area contributed by atoms with Crippen LogP contribution in [0.25, 0.3) is 16.8 Å². The second kappa shape index (κ2) is 12.0. The van der Waals surface area contributed by atoms with Gasteiger partial charge in [-0.3, -0.25) is 4.79 Å². The first-order chi connectivity index (χ1) is 17.7. The standard InChI is InChI=1S/C29H39N3O4S/c1-29(2,3)37(35)32-19-23-18-24(28(34)30-14-16-36-4)31-27(26(23)25(32)13-15-33)22-12-8-11-21(17-22)20-9-6-5-7-10-20/h8-9,11-12,17-18,25,33H,5-7,10,13-16,19H2,1-4H3,(H,30,34)/t25-,37-/m1/s1. The summed E-state index contributed by atoms with van der Waals surface area (Å²) in [4.78, 5) is 17.9. The van der Waals surface area contributed by atoms with Gasteiger partial charge in [-0.05, 0) is 81.7 Å². The summed E-state index contributed by atoms with van der Waals surface area (Å²) in [5.41, 5.74) is 6.39. The summed E-state index contributed by atoms with van der Waals surface area (Å²) < 4.78 is 20.1. The van der Waals surface area contributed by atoms with Crippen LogP contribution < -0.4 is 5.32 Å². The molecule has 0 radical (unpaired) electrons. The van der Waals surface area contributed by atoms with Gasteiger partial charge < -0.3 is 15.2 Å². The van der Waals surface area contributed by atoms with E-state index in [-0.39, 0.29) is 18.6 Å². The van der Waals surface area contributed by atoms with Gasteiger partial charge in [-0.25, -0.2) is 13.5 Å². The van der Waals surface area contributed by atoms with Gasteiger partial charge in [0.15, 0.2) is 0 Å². The van der Waals surface area contributed by atoms with Crippen molar-refractivity contribution in [2.45, 2.75) is 70.2 Å². The van der Waals surface area contributed by atoms with Crippen LogP contribution in [0, 0.1) is 0 Å². The van der Waals surface area contributed by atoms with Gasteiger partial charge in [0, 0.05) is 37.9 Å². The molecule has 0 saturated heterocycles. The number of ether oxygens (including phenoxy) is 1. The molecular weight excluding hydrogens is 486 g/mol. The van der Waals surface area contributed by atoms with Gasteiger partial charge in [-0.15, -0.1) is 0 Å². The monoisotopic (exact) mass is 525 g/mol. The molecule has 1 aliphatic carbocycles. The van der Waals surface area contributed by atoms with E-state index in [1.807, 2.05) is 43.3 Å². The first-order valence-electron chi connectivity index (χ1n) is 13.1. The van der Waals surface area contributed by atoms with Crippen molar-refractivity contribution < 1.29 is 18.8 Å². The number of hydrogen-bond donors (Lipinski definition) is 2. The summed E-state index contributed by atoms with van der Waals surface area (Å²) >= 11 is 0. The zero-order chi connectivity index (χ0) is 26.6. The SMILES string of the molecule is COCCNC(=O)c1cc2c(c(-c3cccc(C4=CCCCC4)c3)n1)[C@@H](CCO)N([S@](=O)C(C)(C)C)C2. The van der Waals surface area contributed by atoms with Gasteiger partial charge in [0.25, 0.3) is 5.91 Å². The van der Waals surface area contributed by atoms with E-state index in [1.54, 1.807) is 7.11 Å². The Balaban J connectivity index is 1.83. The van der Waals surface area contributed by atoms with Gasteiger partial charge >= 0.3 is 0 Å². The molecule has 1 aromatic carbocycles. The molecule has 0 spiro atoms. The molecule has 2 heterocycles. The number of rotatable bonds is 9. The van der Waals surface area contributed by atoms with E-state index in [1.165, 1.54) is 24.0 Å². The number of methoxy groups -OCH3 is 1. The molecule has 1 aliphatic heterocycles. The fourth-order valence-electron chi connectivity index (χ4n) is 5.13. The Hall–Kier alpha value is -2.39. The molecule has 0 saturated carbocycles. The number of amides is 1. The third kappa shape index (κ3) is 6.20. The highest BCUT2D eigenvalue weighted by Crippen LogP contribution is 2.44. The number of aliphatic hydroxyl groups excluding tert-OH is 1. The number of carbonyl (C=O) groups is 1. The molecule has 2 N–H and O–H groups in total. The predicted octanol–water partition coefficient (Wildman–Crippen LogP) is 4.78. The van der Waals surface area contributed by atoms with Gasteiger partial charge in [0.2, 0.25) is 0 Å². The van der Waals surface area contributed by atoms with Crippen molar-refractivity contribution in [3.8, 4) is 11.3 Å². The minimum Gasteiger partial charge on any atom is -0.396 e. The van der Waals surface area contributed by atoms with E-state index in [9.17, 15) is 14.1 Å². The number of aliphatic hydroxyl groups is 1. The molecule has 2 atom stereocenters. The maximum absolute atomic E-state index is 13.6. The maximum atomic E-state index is 13.6. The summed E-state index contributed by atoms with van der Waals surface area (Å²) in [6, 6.07) is 9.92. The lowest BCUT2D eigenvalue weighted by atomic mass is 9.90. The van der Waals surface area contributed by atoms with Gasteiger partial charge in [-0.1, -0.05) is 24.3 Å². The molecule has 37 heavy (non-hydrogen) atoms. The fraction of sp³-hybridized carbons (Fsp3) is 0.517. The number of carbonyl (C=O) groups excluding carboxylic acids is 1. The van der Waals surface area contributed by atoms with Crippen LogP contribution in [0.4, 0.5) is 0 Å². The Morgan fingerprint density at radius 3 is 2.70 bits per heavy atom. The molecule has 8 heteroatoms. The molecule has 7 nitrogen and oxygen atoms in total. The molecule has 0 fully saturated rings. The summed E-state index contributed by atoms with van der Waals surface area (Å²) in [5, 5.41) is 12.8. The van der Waals surface area contributed by atoms with Crippen LogP contribution in [0.1, 0.15) is 86.1 Å². The fourth-order valence-corrected chi connectivity index (χ4v) is 6.53. The average Bonchev–Trinajstić information content (AvgIpc) is 3.26. The molecule has 0 unspecified atom stereocenters. The second-order valence-electron chi connectivity index (χ2n) is 10.7. The highest BCUT2D eigenvalue weighted by Gasteiger charge is 2.40. The van der Waals surface area contributed by atoms with Crippen molar-refractivity contribution in [1.82, 2.24) is 14.6 Å². The summed E-state index contributed by atoms with van der Waals surface area (Å²) in [5.74, 6) is -0.263. The molecule has 2 aromatic rings. The largest absolute Gasteiger partial charge is 0.396 e. The van der Waals surface area contributed by atoms with E-state index < -0.39 is 15.7 Å². The van der Waals surface area contributed by atoms with Crippen LogP contribution in [0.2, 0.25) is 0 Å². The molecule has 1 amide bonds. The highest BCUT2D eigenvalue weighted by molar-refractivity contribution is 7.84. The zero-order valence-corrected chi connectivity index (χ0v) is 23.2. The number of benzene rings is 1. The van der Waals surface area contributed by atoms with Crippen molar-refractivity contribution in [3.05, 3.63) is 58.8 Å². The first-order valence-corrected chi connectivity index (χ1v) is 14.3. The van der Waals surface area contributed by atoms with Crippen LogP contribution in [0.3, 0.4) is 0 Å². The van der Waals surface area contributed by atoms with E-state index in [0.717, 1.165) is 35.2 Å². The highest BCUT2D eigenvalue weighted by atomic mass is 32.2. The number of fused-ring (bicyclic) bond motifs is 1. The predicted molar refractivity (Wildman–Crippen MR) is 148 cm³/mol. The van der Waals surface area contributed by atoms with Crippen LogP contribution in [0.5, 0.6) is 0 Å². The normalized spacial score (nSPS) is 18.8. The topological polar surface area (TPSA) is 91.8 Å². The van der Waals surface area contributed by atoms with Gasteiger partial charge in [0.05, 0.1) is 23.1 Å². The Labute approximate surface area is 222 Å². The maximum Gasteiger partial charge on any atom is 0.269 e. The minimum absolute atomic E-state index is 0.0342. The number of nitrogens with one attached hydrogen (secondary N) is 1. The number of nitrogens with zero attached hydrogens (tertiary/aromatic N) is 2. The summed E-state index contributed by atoms with van der Waals surface area (Å²) in [7, 11) is 0.297. The second-order valence-corrected chi connectivity index (χ2v) is 12.9. The Morgan fingerprint density at radius 2 is 2.03 bits per heavy atom. The smallest absolute Gasteiger partial charge is 0.269 e. The summed E-state index contributed by atoms with van der Waals surface area (Å²) in [6.07, 6.45) is 7.32. The summed E-state index contributed by atoms with van der Waals surface area (Å²) in [6.45, 7) is 7.07. The number of hydrogen-bond acceptors (Lipinski definition) is 5. The first kappa shape index (κ1) is 27.6. The zero-order valence-electron chi connectivity index (χ0n) is 22.4. The van der Waals surface area contributed by atoms with E-state index in [0.29, 0.717) is 31.8 Å². The number of aromatic nitrogens is 1. The Kier molecular flexibility index (Phi) is 8.95. The van der Waals surface area contributed by atoms with Gasteiger partial charge in [-0.2, -0.15) is 0 Å². The van der Waals surface area contributed by atoms with Crippen molar-refractivity contribution >= 4 is 22.5 Å². The molecule has 1 aromatic heterocycles. The molecule has 4 rings (SSSR count). The lowest BCUT2D eigenvalue weighted by Gasteiger charge is -2.30. The van der Waals surface area contributed by atoms with Crippen LogP contribution in [0.15, 0.2) is 36.4 Å². The Bertz CT molecular complexity index is 1190. The van der Waals surface area contributed by atoms with E-state index in [4.69, 9.17) is 9.72 Å². The lowest BCUT2D eigenvalue weighted by Crippen LogP contribution is -2.36. The quantitative estimate of drug-likeness (QED) is 0.460. The van der Waals surface area contributed by atoms with Crippen LogP contribution in [-0.4, -0.2) is 56.1 Å². The number of pyridine rings is 1. The molecule has 200 valence electrons. The molecule has 0 bridgehead atoms. The third-order valence-electron chi connectivity index (χ3n) is 6.91. The third-order valence-corrected chi connectivity index (χ3v) is 8.77. The number of allylic oxidation sites excluding steroid dienone is 2. The van der Waals surface area contributed by atoms with Crippen molar-refractivity contribution in [3.63, 3.8) is 0 Å². The average molecular weight is 526 g/mol. The van der Waals surface area contributed by atoms with E-state index >= 15 is 0 Å². The van der Waals surface area contributed by atoms with Gasteiger partial charge in [0.1, 0.15) is 16.7 Å². The minimum atomic E-state index is -1.30.